The summed E-state index contributed by atoms with van der Waals surface area (Å²) in [5.74, 6) is 0. The molecule has 0 aliphatic rings. The van der Waals surface area contributed by atoms with Crippen LogP contribution in [0.3, 0.4) is 0 Å². The largest absolute Gasteiger partial charge is 0.243 e. The van der Waals surface area contributed by atoms with Crippen LogP contribution < -0.4 is 0 Å². The average molecular weight is 206 g/mol. The van der Waals surface area contributed by atoms with Crippen LogP contribution in [0.25, 0.3) is 0 Å². The van der Waals surface area contributed by atoms with Crippen molar-refractivity contribution in [3.8, 4) is 0 Å². The van der Waals surface area contributed by atoms with Gasteiger partial charge in [0.05, 0.1) is 0 Å². The number of hydrogen-bond acceptors (Lipinski definition) is 4. The van der Waals surface area contributed by atoms with Gasteiger partial charge in [-0.25, -0.2) is 4.63 Å². The Kier molecular flexibility index (Phi) is 2.54. The van der Waals surface area contributed by atoms with Crippen molar-refractivity contribution in [2.24, 2.45) is 0 Å². The maximum absolute atomic E-state index is 4.62. The summed E-state index contributed by atoms with van der Waals surface area (Å²) in [4.78, 5) is 1.15. The predicted molar refractivity (Wildman–Crippen MR) is 54.3 cm³/mol. The topological polar surface area (TPSA) is 38.9 Å². The second-order valence-corrected chi connectivity index (χ2v) is 4.13. The monoisotopic (exact) mass is 206 g/mol. The molecule has 0 aliphatic carbocycles. The van der Waals surface area contributed by atoms with Crippen molar-refractivity contribution in [3.05, 3.63) is 35.5 Å². The van der Waals surface area contributed by atoms with E-state index in [-0.39, 0.29) is 0 Å². The summed E-state index contributed by atoms with van der Waals surface area (Å²) in [6, 6.07) is 8.28. The molecule has 1 heterocycles. The van der Waals surface area contributed by atoms with Gasteiger partial charge in [-0.1, -0.05) is 34.6 Å². The van der Waals surface area contributed by atoms with Crippen LogP contribution in [0.4, 0.5) is 0 Å². The standard InChI is InChI=1S/C10H10N2OS/c1-7-3-5-9(6-4-7)14-10-8(2)11-13-12-10/h3-6H,1-2H3. The molecule has 72 valence electrons. The first kappa shape index (κ1) is 9.27. The lowest BCUT2D eigenvalue weighted by atomic mass is 10.2. The first-order chi connectivity index (χ1) is 6.75. The van der Waals surface area contributed by atoms with Gasteiger partial charge in [-0.2, -0.15) is 0 Å². The quantitative estimate of drug-likeness (QED) is 0.757. The van der Waals surface area contributed by atoms with Crippen molar-refractivity contribution in [2.75, 3.05) is 0 Å². The fourth-order valence-electron chi connectivity index (χ4n) is 1.03. The van der Waals surface area contributed by atoms with E-state index in [4.69, 9.17) is 0 Å². The van der Waals surface area contributed by atoms with Crippen LogP contribution in [0.1, 0.15) is 11.3 Å². The molecule has 0 unspecified atom stereocenters. The van der Waals surface area contributed by atoms with Crippen LogP contribution in [0.2, 0.25) is 0 Å². The third-order valence-electron chi connectivity index (χ3n) is 1.85. The Balaban J connectivity index is 2.19. The molecule has 4 heteroatoms. The molecular weight excluding hydrogens is 196 g/mol. The predicted octanol–water partition coefficient (Wildman–Crippen LogP) is 2.84. The molecule has 0 radical (unpaired) electrons. The number of hydrogen-bond donors (Lipinski definition) is 0. The lowest BCUT2D eigenvalue weighted by Crippen LogP contribution is -1.77. The molecule has 0 N–H and O–H groups in total. The van der Waals surface area contributed by atoms with Crippen LogP contribution in [0, 0.1) is 13.8 Å². The Morgan fingerprint density at radius 3 is 2.36 bits per heavy atom. The zero-order valence-corrected chi connectivity index (χ0v) is 8.84. The van der Waals surface area contributed by atoms with Gasteiger partial charge in [0.2, 0.25) is 0 Å². The first-order valence-corrected chi connectivity index (χ1v) is 5.11. The second-order valence-electron chi connectivity index (χ2n) is 3.07. The van der Waals surface area contributed by atoms with Crippen LogP contribution in [-0.2, 0) is 0 Å². The molecule has 0 saturated carbocycles. The van der Waals surface area contributed by atoms with Crippen LogP contribution in [0.15, 0.2) is 38.8 Å². The minimum absolute atomic E-state index is 0.828. The van der Waals surface area contributed by atoms with E-state index in [1.165, 1.54) is 5.56 Å². The number of nitrogens with zero attached hydrogens (tertiary/aromatic N) is 2. The maximum Gasteiger partial charge on any atom is 0.168 e. The highest BCUT2D eigenvalue weighted by Crippen LogP contribution is 2.27. The van der Waals surface area contributed by atoms with E-state index in [1.54, 1.807) is 11.8 Å². The lowest BCUT2D eigenvalue weighted by molar-refractivity contribution is 0.297. The summed E-state index contributed by atoms with van der Waals surface area (Å²) in [5.41, 5.74) is 2.08. The van der Waals surface area contributed by atoms with Crippen LogP contribution in [-0.4, -0.2) is 10.3 Å². The molecule has 0 saturated heterocycles. The van der Waals surface area contributed by atoms with Gasteiger partial charge in [0.15, 0.2) is 5.03 Å². The van der Waals surface area contributed by atoms with Gasteiger partial charge in [0, 0.05) is 4.90 Å². The van der Waals surface area contributed by atoms with Gasteiger partial charge in [-0.15, -0.1) is 0 Å². The number of aryl methyl sites for hydroxylation is 2. The van der Waals surface area contributed by atoms with Gasteiger partial charge < -0.3 is 0 Å². The molecule has 0 atom stereocenters. The zero-order valence-electron chi connectivity index (χ0n) is 8.02. The summed E-state index contributed by atoms with van der Waals surface area (Å²) in [6.07, 6.45) is 0. The Hall–Kier alpha value is -1.29. The fraction of sp³-hybridized carbons (Fsp3) is 0.200. The Morgan fingerprint density at radius 2 is 1.79 bits per heavy atom. The molecule has 1 aromatic heterocycles. The van der Waals surface area contributed by atoms with E-state index in [2.05, 4.69) is 46.1 Å². The molecule has 2 aromatic rings. The minimum Gasteiger partial charge on any atom is -0.243 e. The molecule has 3 nitrogen and oxygen atoms in total. The van der Waals surface area contributed by atoms with Crippen molar-refractivity contribution in [1.29, 1.82) is 0 Å². The average Bonchev–Trinajstić information content (AvgIpc) is 2.56. The van der Waals surface area contributed by atoms with Crippen molar-refractivity contribution in [1.82, 2.24) is 10.3 Å². The third-order valence-corrected chi connectivity index (χ3v) is 2.92. The molecule has 0 fully saturated rings. The Bertz CT molecular complexity index is 422. The smallest absolute Gasteiger partial charge is 0.168 e. The fourth-order valence-corrected chi connectivity index (χ4v) is 1.79. The summed E-state index contributed by atoms with van der Waals surface area (Å²) in [7, 11) is 0. The highest BCUT2D eigenvalue weighted by atomic mass is 32.2. The molecule has 0 aliphatic heterocycles. The van der Waals surface area contributed by atoms with Gasteiger partial charge in [0.1, 0.15) is 5.69 Å². The van der Waals surface area contributed by atoms with E-state index < -0.39 is 0 Å². The normalized spacial score (nSPS) is 10.4. The van der Waals surface area contributed by atoms with Gasteiger partial charge in [-0.05, 0) is 31.1 Å². The highest BCUT2D eigenvalue weighted by molar-refractivity contribution is 7.99. The Morgan fingerprint density at radius 1 is 1.07 bits per heavy atom. The van der Waals surface area contributed by atoms with Crippen LogP contribution >= 0.6 is 11.8 Å². The van der Waals surface area contributed by atoms with Crippen molar-refractivity contribution < 1.29 is 4.63 Å². The number of rotatable bonds is 2. The van der Waals surface area contributed by atoms with Gasteiger partial charge in [0.25, 0.3) is 0 Å². The summed E-state index contributed by atoms with van der Waals surface area (Å²) in [6.45, 7) is 3.95. The van der Waals surface area contributed by atoms with E-state index in [1.807, 2.05) is 6.92 Å². The van der Waals surface area contributed by atoms with E-state index in [0.717, 1.165) is 15.6 Å². The highest BCUT2D eigenvalue weighted by Gasteiger charge is 2.06. The lowest BCUT2D eigenvalue weighted by Gasteiger charge is -1.97. The number of aromatic nitrogens is 2. The summed E-state index contributed by atoms with van der Waals surface area (Å²) < 4.78 is 4.62. The minimum atomic E-state index is 0.828. The third kappa shape index (κ3) is 1.96. The molecule has 14 heavy (non-hydrogen) atoms. The molecular formula is C10H10N2OS. The molecule has 0 amide bonds. The zero-order chi connectivity index (χ0) is 9.97. The Labute approximate surface area is 86.5 Å². The van der Waals surface area contributed by atoms with E-state index in [0.29, 0.717) is 0 Å². The maximum atomic E-state index is 4.62. The van der Waals surface area contributed by atoms with Crippen molar-refractivity contribution in [2.45, 2.75) is 23.8 Å². The second kappa shape index (κ2) is 3.84. The molecule has 1 aromatic carbocycles. The van der Waals surface area contributed by atoms with E-state index in [9.17, 15) is 0 Å². The van der Waals surface area contributed by atoms with Gasteiger partial charge >= 0.3 is 0 Å². The molecule has 0 spiro atoms. The molecule has 0 bridgehead atoms. The van der Waals surface area contributed by atoms with Crippen LogP contribution in [0.5, 0.6) is 0 Å². The SMILES string of the molecule is Cc1ccc(Sc2nonc2C)cc1. The molecule has 2 rings (SSSR count). The van der Waals surface area contributed by atoms with Crippen molar-refractivity contribution >= 4 is 11.8 Å². The van der Waals surface area contributed by atoms with E-state index >= 15 is 0 Å². The van der Waals surface area contributed by atoms with Crippen molar-refractivity contribution in [3.63, 3.8) is 0 Å². The first-order valence-electron chi connectivity index (χ1n) is 4.29. The number of benzene rings is 1. The summed E-state index contributed by atoms with van der Waals surface area (Å²) in [5, 5.41) is 8.36. The summed E-state index contributed by atoms with van der Waals surface area (Å²) >= 11 is 1.56. The van der Waals surface area contributed by atoms with Gasteiger partial charge in [-0.3, -0.25) is 0 Å².